The Morgan fingerprint density at radius 3 is 1.97 bits per heavy atom. The molecule has 0 bridgehead atoms. The van der Waals surface area contributed by atoms with Crippen LogP contribution in [0.4, 0.5) is 11.6 Å². The van der Waals surface area contributed by atoms with E-state index in [9.17, 15) is 0 Å². The zero-order valence-electron chi connectivity index (χ0n) is 20.9. The highest BCUT2D eigenvalue weighted by Gasteiger charge is 2.17. The van der Waals surface area contributed by atoms with Crippen molar-refractivity contribution in [3.8, 4) is 34.4 Å². The fraction of sp³-hybridized carbons (Fsp3) is 0.320. The summed E-state index contributed by atoms with van der Waals surface area (Å²) in [5.41, 5.74) is 1.54. The summed E-state index contributed by atoms with van der Waals surface area (Å²) in [5.74, 6) is 4.87. The quantitative estimate of drug-likeness (QED) is 0.365. The lowest BCUT2D eigenvalue weighted by Gasteiger charge is -2.14. The van der Waals surface area contributed by atoms with Gasteiger partial charge in [0.1, 0.15) is 23.8 Å². The molecule has 10 nitrogen and oxygen atoms in total. The third kappa shape index (κ3) is 4.59. The lowest BCUT2D eigenvalue weighted by Crippen LogP contribution is -2.04. The highest BCUT2D eigenvalue weighted by atomic mass is 16.5. The number of nitrogens with one attached hydrogen (secondary N) is 1. The standard InChI is InChI=1S/C25H29N5O5/c1-14(2)24-27-17-11-19(32-4)18(31-3)10-16(17)25(29-24)28-22-12-30(13-26-22)15-8-20(33-5)23(35-7)21(9-15)34-6/h8-14H,1-7H3,(H,27,28,29). The summed E-state index contributed by atoms with van der Waals surface area (Å²) in [5, 5.41) is 4.12. The van der Waals surface area contributed by atoms with Crippen molar-refractivity contribution in [2.45, 2.75) is 19.8 Å². The molecule has 2 heterocycles. The van der Waals surface area contributed by atoms with Crippen molar-refractivity contribution in [1.82, 2.24) is 19.5 Å². The minimum Gasteiger partial charge on any atom is -0.493 e. The van der Waals surface area contributed by atoms with E-state index in [2.05, 4.69) is 10.3 Å². The Bertz CT molecular complexity index is 1330. The molecule has 0 spiro atoms. The molecule has 0 saturated heterocycles. The van der Waals surface area contributed by atoms with Gasteiger partial charge in [-0.1, -0.05) is 13.8 Å². The molecule has 184 valence electrons. The normalized spacial score (nSPS) is 11.0. The molecule has 0 fully saturated rings. The summed E-state index contributed by atoms with van der Waals surface area (Å²) in [7, 11) is 7.93. The van der Waals surface area contributed by atoms with Gasteiger partial charge in [-0.15, -0.1) is 0 Å². The molecular weight excluding hydrogens is 450 g/mol. The molecule has 4 aromatic rings. The molecule has 2 aromatic carbocycles. The lowest BCUT2D eigenvalue weighted by atomic mass is 10.1. The second kappa shape index (κ2) is 9.96. The summed E-state index contributed by atoms with van der Waals surface area (Å²) < 4.78 is 29.2. The summed E-state index contributed by atoms with van der Waals surface area (Å²) in [6.07, 6.45) is 3.55. The number of aromatic nitrogens is 4. The Labute approximate surface area is 203 Å². The van der Waals surface area contributed by atoms with Gasteiger partial charge in [-0.25, -0.2) is 15.0 Å². The Balaban J connectivity index is 1.76. The zero-order valence-corrected chi connectivity index (χ0v) is 20.9. The van der Waals surface area contributed by atoms with Gasteiger partial charge in [0.15, 0.2) is 23.0 Å². The predicted molar refractivity (Wildman–Crippen MR) is 133 cm³/mol. The number of imidazole rings is 1. The van der Waals surface area contributed by atoms with Crippen LogP contribution in [0.3, 0.4) is 0 Å². The van der Waals surface area contributed by atoms with Crippen molar-refractivity contribution < 1.29 is 23.7 Å². The summed E-state index contributed by atoms with van der Waals surface area (Å²) in [6, 6.07) is 7.40. The van der Waals surface area contributed by atoms with Gasteiger partial charge in [-0.05, 0) is 6.07 Å². The molecule has 0 aliphatic heterocycles. The first-order chi connectivity index (χ1) is 16.9. The fourth-order valence-electron chi connectivity index (χ4n) is 3.69. The summed E-state index contributed by atoms with van der Waals surface area (Å²) in [4.78, 5) is 14.0. The maximum atomic E-state index is 5.49. The van der Waals surface area contributed by atoms with Crippen molar-refractivity contribution in [3.05, 3.63) is 42.6 Å². The molecule has 0 aliphatic rings. The van der Waals surface area contributed by atoms with E-state index in [-0.39, 0.29) is 5.92 Å². The summed E-state index contributed by atoms with van der Waals surface area (Å²) in [6.45, 7) is 4.09. The molecule has 4 rings (SSSR count). The molecule has 2 aromatic heterocycles. The van der Waals surface area contributed by atoms with E-state index in [1.165, 1.54) is 0 Å². The highest BCUT2D eigenvalue weighted by molar-refractivity contribution is 5.93. The molecule has 1 N–H and O–H groups in total. The number of hydrogen-bond acceptors (Lipinski definition) is 9. The number of nitrogens with zero attached hydrogens (tertiary/aromatic N) is 4. The molecule has 0 radical (unpaired) electrons. The minimum atomic E-state index is 0.129. The number of methoxy groups -OCH3 is 5. The van der Waals surface area contributed by atoms with E-state index >= 15 is 0 Å². The Hall–Kier alpha value is -4.21. The van der Waals surface area contributed by atoms with Crippen molar-refractivity contribution in [1.29, 1.82) is 0 Å². The number of hydrogen-bond donors (Lipinski definition) is 1. The van der Waals surface area contributed by atoms with Gasteiger partial charge in [-0.3, -0.25) is 0 Å². The van der Waals surface area contributed by atoms with Crippen LogP contribution in [-0.2, 0) is 0 Å². The topological polar surface area (TPSA) is 102 Å². The van der Waals surface area contributed by atoms with E-state index in [1.54, 1.807) is 41.9 Å². The van der Waals surface area contributed by atoms with Gasteiger partial charge < -0.3 is 33.6 Å². The molecule has 0 atom stereocenters. The van der Waals surface area contributed by atoms with Gasteiger partial charge in [0, 0.05) is 29.5 Å². The summed E-state index contributed by atoms with van der Waals surface area (Å²) >= 11 is 0. The molecule has 35 heavy (non-hydrogen) atoms. The number of rotatable bonds is 9. The van der Waals surface area contributed by atoms with Crippen LogP contribution in [0.1, 0.15) is 25.6 Å². The van der Waals surface area contributed by atoms with Crippen molar-refractivity contribution in [3.63, 3.8) is 0 Å². The van der Waals surface area contributed by atoms with Crippen LogP contribution in [-0.4, -0.2) is 55.1 Å². The maximum absolute atomic E-state index is 5.49. The number of anilines is 2. The van der Waals surface area contributed by atoms with Gasteiger partial charge in [0.25, 0.3) is 0 Å². The molecule has 0 amide bonds. The Morgan fingerprint density at radius 1 is 0.771 bits per heavy atom. The van der Waals surface area contributed by atoms with Crippen LogP contribution in [0.15, 0.2) is 36.8 Å². The first-order valence-corrected chi connectivity index (χ1v) is 11.0. The zero-order chi connectivity index (χ0) is 25.1. The molecule has 0 unspecified atom stereocenters. The minimum absolute atomic E-state index is 0.129. The smallest absolute Gasteiger partial charge is 0.203 e. The number of ether oxygens (including phenoxy) is 5. The van der Waals surface area contributed by atoms with Crippen LogP contribution >= 0.6 is 0 Å². The average Bonchev–Trinajstić information content (AvgIpc) is 3.35. The van der Waals surface area contributed by atoms with Gasteiger partial charge >= 0.3 is 0 Å². The van der Waals surface area contributed by atoms with Crippen molar-refractivity contribution in [2.75, 3.05) is 40.9 Å². The van der Waals surface area contributed by atoms with E-state index in [4.69, 9.17) is 33.7 Å². The van der Waals surface area contributed by atoms with Gasteiger partial charge in [0.05, 0.1) is 52.9 Å². The fourth-order valence-corrected chi connectivity index (χ4v) is 3.69. The van der Waals surface area contributed by atoms with E-state index < -0.39 is 0 Å². The second-order valence-electron chi connectivity index (χ2n) is 7.98. The number of fused-ring (bicyclic) bond motifs is 1. The first-order valence-electron chi connectivity index (χ1n) is 11.0. The van der Waals surface area contributed by atoms with E-state index in [0.717, 1.165) is 16.6 Å². The highest BCUT2D eigenvalue weighted by Crippen LogP contribution is 2.40. The predicted octanol–water partition coefficient (Wildman–Crippen LogP) is 4.73. The maximum Gasteiger partial charge on any atom is 0.203 e. The molecule has 0 saturated carbocycles. The van der Waals surface area contributed by atoms with Crippen molar-refractivity contribution in [2.24, 2.45) is 0 Å². The average molecular weight is 480 g/mol. The second-order valence-corrected chi connectivity index (χ2v) is 7.98. The van der Waals surface area contributed by atoms with Crippen LogP contribution < -0.4 is 29.0 Å². The van der Waals surface area contributed by atoms with Gasteiger partial charge in [0.2, 0.25) is 5.75 Å². The lowest BCUT2D eigenvalue weighted by molar-refractivity contribution is 0.324. The largest absolute Gasteiger partial charge is 0.493 e. The Morgan fingerprint density at radius 2 is 1.40 bits per heavy atom. The SMILES string of the molecule is COc1cc2nc(C(C)C)nc(Nc3cn(-c4cc(OC)c(OC)c(OC)c4)cn3)c2cc1OC. The number of benzene rings is 2. The third-order valence-corrected chi connectivity index (χ3v) is 5.51. The van der Waals surface area contributed by atoms with Crippen molar-refractivity contribution >= 4 is 22.5 Å². The molecule has 0 aliphatic carbocycles. The van der Waals surface area contributed by atoms with E-state index in [0.29, 0.717) is 46.2 Å². The van der Waals surface area contributed by atoms with Crippen LogP contribution in [0, 0.1) is 0 Å². The van der Waals surface area contributed by atoms with Gasteiger partial charge in [-0.2, -0.15) is 0 Å². The van der Waals surface area contributed by atoms with Crippen LogP contribution in [0.2, 0.25) is 0 Å². The molecular formula is C25H29N5O5. The van der Waals surface area contributed by atoms with Crippen LogP contribution in [0.5, 0.6) is 28.7 Å². The third-order valence-electron chi connectivity index (χ3n) is 5.51. The monoisotopic (exact) mass is 479 g/mol. The first kappa shape index (κ1) is 23.9. The van der Waals surface area contributed by atoms with Crippen LogP contribution in [0.25, 0.3) is 16.6 Å². The molecule has 10 heteroatoms. The Kier molecular flexibility index (Phi) is 6.81. The van der Waals surface area contributed by atoms with E-state index in [1.807, 2.05) is 48.9 Å².